The van der Waals surface area contributed by atoms with E-state index in [1.165, 1.54) is 4.90 Å². The fraction of sp³-hybridized carbons (Fsp3) is 0.519. The number of benzene rings is 1. The molecular weight excluding hydrogens is 554 g/mol. The summed E-state index contributed by atoms with van der Waals surface area (Å²) in [5.41, 5.74) is 1.75. The van der Waals surface area contributed by atoms with Crippen molar-refractivity contribution in [1.29, 1.82) is 0 Å². The highest BCUT2D eigenvalue weighted by atomic mass is 32.2. The number of aryl methyl sites for hydroxylation is 2. The van der Waals surface area contributed by atoms with E-state index in [0.717, 1.165) is 6.42 Å². The Morgan fingerprint density at radius 3 is 2.46 bits per heavy atom. The van der Waals surface area contributed by atoms with Crippen LogP contribution in [0, 0.1) is 13.8 Å². The highest BCUT2D eigenvalue weighted by molar-refractivity contribution is 7.90. The number of urea groups is 1. The van der Waals surface area contributed by atoms with Crippen molar-refractivity contribution >= 4 is 38.7 Å². The van der Waals surface area contributed by atoms with E-state index in [-0.39, 0.29) is 12.3 Å². The highest BCUT2D eigenvalue weighted by Crippen LogP contribution is 2.19. The van der Waals surface area contributed by atoms with Gasteiger partial charge in [-0.25, -0.2) is 18.2 Å². The van der Waals surface area contributed by atoms with E-state index in [2.05, 4.69) is 20.8 Å². The number of ketones is 1. The lowest BCUT2D eigenvalue weighted by atomic mass is 10.0. The molecule has 1 fully saturated rings. The third-order valence-corrected chi connectivity index (χ3v) is 8.43. The standard InChI is InChI=1S/C27H35N5O8S/c1-4-5-8-21(24(33)26-29-20-9-6-7-10-23(20)39-26)28-25(34)22(30-27(35)32-11-13-38-14-12-32)16-41(36,37)15-19-17(2)31-40-18(19)3/h6-7,9-10,21-22H,4-5,8,11-16H2,1-3H3,(H,28,34)(H,30,35)/t21-,22-/m0/s1. The molecule has 2 aromatic heterocycles. The molecule has 13 nitrogen and oxygen atoms in total. The zero-order chi connectivity index (χ0) is 29.6. The van der Waals surface area contributed by atoms with Crippen LogP contribution in [0.5, 0.6) is 0 Å². The number of oxazole rings is 1. The Bertz CT molecular complexity index is 1440. The minimum Gasteiger partial charge on any atom is -0.434 e. The molecule has 3 aromatic rings. The smallest absolute Gasteiger partial charge is 0.318 e. The molecule has 0 bridgehead atoms. The van der Waals surface area contributed by atoms with Gasteiger partial charge in [-0.3, -0.25) is 9.59 Å². The number of unbranched alkanes of at least 4 members (excludes halogenated alkanes) is 1. The summed E-state index contributed by atoms with van der Waals surface area (Å²) in [6.45, 7) is 6.41. The average molecular weight is 590 g/mol. The van der Waals surface area contributed by atoms with Crippen LogP contribution in [0.15, 0.2) is 33.2 Å². The summed E-state index contributed by atoms with van der Waals surface area (Å²) in [6.07, 6.45) is 1.62. The Labute approximate surface area is 237 Å². The quantitative estimate of drug-likeness (QED) is 0.298. The predicted molar refractivity (Wildman–Crippen MR) is 148 cm³/mol. The van der Waals surface area contributed by atoms with Crippen molar-refractivity contribution in [3.8, 4) is 0 Å². The van der Waals surface area contributed by atoms with E-state index in [1.807, 2.05) is 6.92 Å². The van der Waals surface area contributed by atoms with Gasteiger partial charge in [0.05, 0.1) is 36.5 Å². The van der Waals surface area contributed by atoms with E-state index >= 15 is 0 Å². The zero-order valence-electron chi connectivity index (χ0n) is 23.3. The summed E-state index contributed by atoms with van der Waals surface area (Å²) in [4.78, 5) is 45.7. The lowest BCUT2D eigenvalue weighted by Gasteiger charge is -2.29. The van der Waals surface area contributed by atoms with Crippen molar-refractivity contribution in [3.63, 3.8) is 0 Å². The van der Waals surface area contributed by atoms with E-state index in [1.54, 1.807) is 38.1 Å². The summed E-state index contributed by atoms with van der Waals surface area (Å²) in [6, 6.07) is 3.79. The first-order valence-electron chi connectivity index (χ1n) is 13.5. The molecule has 0 radical (unpaired) electrons. The first kappa shape index (κ1) is 30.2. The van der Waals surface area contributed by atoms with Crippen LogP contribution < -0.4 is 10.6 Å². The van der Waals surface area contributed by atoms with E-state index in [0.29, 0.717) is 60.8 Å². The van der Waals surface area contributed by atoms with Crippen LogP contribution in [0.4, 0.5) is 4.79 Å². The number of hydrogen-bond donors (Lipinski definition) is 2. The first-order chi connectivity index (χ1) is 19.6. The normalized spacial score (nSPS) is 15.4. The molecular formula is C27H35N5O8S. The number of aromatic nitrogens is 2. The van der Waals surface area contributed by atoms with Gasteiger partial charge in [-0.1, -0.05) is 37.1 Å². The van der Waals surface area contributed by atoms with Crippen molar-refractivity contribution in [2.75, 3.05) is 32.1 Å². The molecule has 41 heavy (non-hydrogen) atoms. The molecule has 2 N–H and O–H groups in total. The molecule has 0 aliphatic carbocycles. The monoisotopic (exact) mass is 589 g/mol. The number of rotatable bonds is 12. The van der Waals surface area contributed by atoms with Gasteiger partial charge in [0.1, 0.15) is 17.3 Å². The Morgan fingerprint density at radius 2 is 1.80 bits per heavy atom. The minimum absolute atomic E-state index is 0.160. The Morgan fingerprint density at radius 1 is 1.07 bits per heavy atom. The maximum Gasteiger partial charge on any atom is 0.318 e. The number of morpholine rings is 1. The Kier molecular flexibility index (Phi) is 9.76. The van der Waals surface area contributed by atoms with Gasteiger partial charge >= 0.3 is 6.03 Å². The van der Waals surface area contributed by atoms with Crippen LogP contribution in [0.1, 0.15) is 53.9 Å². The van der Waals surface area contributed by atoms with Crippen LogP contribution in [-0.4, -0.2) is 85.3 Å². The van der Waals surface area contributed by atoms with Crippen LogP contribution >= 0.6 is 0 Å². The molecule has 14 heteroatoms. The maximum absolute atomic E-state index is 13.6. The molecule has 2 atom stereocenters. The second kappa shape index (κ2) is 13.3. The first-order valence-corrected chi connectivity index (χ1v) is 15.4. The summed E-state index contributed by atoms with van der Waals surface area (Å²) in [5, 5.41) is 9.03. The van der Waals surface area contributed by atoms with E-state index in [4.69, 9.17) is 13.7 Å². The number of sulfone groups is 1. The lowest BCUT2D eigenvalue weighted by Crippen LogP contribution is -2.57. The molecule has 3 amide bonds. The highest BCUT2D eigenvalue weighted by Gasteiger charge is 2.34. The number of carbonyl (C=O) groups excluding carboxylic acids is 3. The van der Waals surface area contributed by atoms with Crippen molar-refractivity contribution in [2.45, 2.75) is 57.9 Å². The van der Waals surface area contributed by atoms with Crippen LogP contribution in [-0.2, 0) is 25.1 Å². The molecule has 1 saturated heterocycles. The molecule has 1 aliphatic rings. The summed E-state index contributed by atoms with van der Waals surface area (Å²) in [5.74, 6) is -2.27. The number of amides is 3. The Hall–Kier alpha value is -3.78. The maximum atomic E-state index is 13.6. The van der Waals surface area contributed by atoms with Crippen molar-refractivity contribution < 1.29 is 36.5 Å². The molecule has 0 saturated carbocycles. The number of nitrogens with one attached hydrogen (secondary N) is 2. The molecule has 0 spiro atoms. The third kappa shape index (κ3) is 7.70. The van der Waals surface area contributed by atoms with Gasteiger partial charge in [-0.15, -0.1) is 0 Å². The summed E-state index contributed by atoms with van der Waals surface area (Å²) >= 11 is 0. The number of carbonyl (C=O) groups is 3. The zero-order valence-corrected chi connectivity index (χ0v) is 24.2. The van der Waals surface area contributed by atoms with E-state index < -0.39 is 51.1 Å². The fourth-order valence-corrected chi connectivity index (χ4v) is 6.22. The largest absolute Gasteiger partial charge is 0.434 e. The van der Waals surface area contributed by atoms with Gasteiger partial charge in [-0.2, -0.15) is 0 Å². The number of Topliss-reactive ketones (excluding diaryl/α,β-unsaturated/α-hetero) is 1. The molecule has 4 rings (SSSR count). The molecule has 0 unspecified atom stereocenters. The van der Waals surface area contributed by atoms with Gasteiger partial charge in [0.25, 0.3) is 5.89 Å². The predicted octanol–water partition coefficient (Wildman–Crippen LogP) is 2.32. The second-order valence-corrected chi connectivity index (χ2v) is 12.1. The van der Waals surface area contributed by atoms with Crippen LogP contribution in [0.25, 0.3) is 11.1 Å². The number of ether oxygens (including phenoxy) is 1. The molecule has 3 heterocycles. The lowest BCUT2D eigenvalue weighted by molar-refractivity contribution is -0.123. The SMILES string of the molecule is CCCC[C@H](NC(=O)[C@H](CS(=O)(=O)Cc1c(C)noc1C)NC(=O)N1CCOCC1)C(=O)c1nc2ccccc2o1. The van der Waals surface area contributed by atoms with Crippen LogP contribution in [0.2, 0.25) is 0 Å². The van der Waals surface area contributed by atoms with Gasteiger partial charge in [0.2, 0.25) is 11.7 Å². The minimum atomic E-state index is -3.95. The molecule has 1 aliphatic heterocycles. The van der Waals surface area contributed by atoms with E-state index in [9.17, 15) is 22.8 Å². The third-order valence-electron chi connectivity index (χ3n) is 6.86. The topological polar surface area (TPSA) is 174 Å². The van der Waals surface area contributed by atoms with Crippen molar-refractivity contribution in [3.05, 3.63) is 47.2 Å². The van der Waals surface area contributed by atoms with Gasteiger partial charge in [0, 0.05) is 18.7 Å². The van der Waals surface area contributed by atoms with Gasteiger partial charge in [0.15, 0.2) is 15.4 Å². The summed E-state index contributed by atoms with van der Waals surface area (Å²) < 4.78 is 42.5. The van der Waals surface area contributed by atoms with Crippen LogP contribution in [0.3, 0.4) is 0 Å². The number of hydrogen-bond acceptors (Lipinski definition) is 10. The number of fused-ring (bicyclic) bond motifs is 1. The fourth-order valence-electron chi connectivity index (χ4n) is 4.51. The van der Waals surface area contributed by atoms with Crippen molar-refractivity contribution in [2.24, 2.45) is 0 Å². The molecule has 1 aromatic carbocycles. The second-order valence-electron chi connectivity index (χ2n) is 10.0. The Balaban J connectivity index is 1.56. The van der Waals surface area contributed by atoms with Crippen molar-refractivity contribution in [1.82, 2.24) is 25.7 Å². The van der Waals surface area contributed by atoms with Gasteiger partial charge in [-0.05, 0) is 32.4 Å². The van der Waals surface area contributed by atoms with Gasteiger partial charge < -0.3 is 29.2 Å². The number of para-hydroxylation sites is 2. The number of nitrogens with zero attached hydrogens (tertiary/aromatic N) is 3. The average Bonchev–Trinajstić information content (AvgIpc) is 3.53. The summed E-state index contributed by atoms with van der Waals surface area (Å²) in [7, 11) is -3.95. The molecule has 222 valence electrons.